The average Bonchev–Trinajstić information content (AvgIpc) is 2.12. The Hall–Kier alpha value is -0.0800. The van der Waals surface area contributed by atoms with Gasteiger partial charge < -0.3 is 10.1 Å². The summed E-state index contributed by atoms with van der Waals surface area (Å²) in [4.78, 5) is 0. The zero-order chi connectivity index (χ0) is 12.2. The first-order valence-corrected chi connectivity index (χ1v) is 6.69. The summed E-state index contributed by atoms with van der Waals surface area (Å²) in [5, 5.41) is 3.66. The molecule has 1 saturated carbocycles. The normalized spacial score (nSPS) is 25.7. The zero-order valence-corrected chi connectivity index (χ0v) is 11.7. The molecule has 1 atom stereocenters. The monoisotopic (exact) mass is 227 g/mol. The molecule has 0 aliphatic heterocycles. The lowest BCUT2D eigenvalue weighted by molar-refractivity contribution is -0.00390. The second-order valence-corrected chi connectivity index (χ2v) is 6.70. The van der Waals surface area contributed by atoms with Gasteiger partial charge in [0.1, 0.15) is 0 Å². The molecule has 0 heterocycles. The van der Waals surface area contributed by atoms with Crippen molar-refractivity contribution in [1.29, 1.82) is 0 Å². The Bertz CT molecular complexity index is 205. The molecule has 1 unspecified atom stereocenters. The molecule has 0 aromatic heterocycles. The van der Waals surface area contributed by atoms with Crippen molar-refractivity contribution in [3.8, 4) is 0 Å². The van der Waals surface area contributed by atoms with Gasteiger partial charge in [-0.1, -0.05) is 26.7 Å². The van der Waals surface area contributed by atoms with Crippen LogP contribution in [0.4, 0.5) is 0 Å². The number of nitrogens with one attached hydrogen (secondary N) is 1. The molecule has 0 radical (unpaired) electrons. The van der Waals surface area contributed by atoms with E-state index >= 15 is 0 Å². The lowest BCUT2D eigenvalue weighted by atomic mass is 9.73. The van der Waals surface area contributed by atoms with Crippen LogP contribution in [0, 0.1) is 5.41 Å². The maximum atomic E-state index is 5.73. The Labute approximate surface area is 101 Å². The predicted molar refractivity (Wildman–Crippen MR) is 69.7 cm³/mol. The Morgan fingerprint density at radius 3 is 2.50 bits per heavy atom. The van der Waals surface area contributed by atoms with E-state index in [1.54, 1.807) is 0 Å². The highest BCUT2D eigenvalue weighted by Crippen LogP contribution is 2.35. The standard InChI is InChI=1S/C14H29NO/c1-13(2,3)16-11-10-15-12-8-6-7-9-14(12,4)5/h12,15H,6-11H2,1-5H3. The van der Waals surface area contributed by atoms with Crippen LogP contribution in [0.1, 0.15) is 60.3 Å². The van der Waals surface area contributed by atoms with Crippen LogP contribution >= 0.6 is 0 Å². The van der Waals surface area contributed by atoms with Crippen molar-refractivity contribution in [1.82, 2.24) is 5.32 Å². The van der Waals surface area contributed by atoms with Gasteiger partial charge in [0, 0.05) is 12.6 Å². The summed E-state index contributed by atoms with van der Waals surface area (Å²) in [7, 11) is 0. The Balaban J connectivity index is 2.21. The molecule has 2 heteroatoms. The molecular formula is C14H29NO. The molecule has 0 saturated heterocycles. The molecule has 1 aliphatic rings. The first kappa shape index (κ1) is 14.0. The smallest absolute Gasteiger partial charge is 0.0599 e. The molecule has 0 aromatic carbocycles. The molecule has 2 nitrogen and oxygen atoms in total. The van der Waals surface area contributed by atoms with Gasteiger partial charge in [0.2, 0.25) is 0 Å². The fourth-order valence-corrected chi connectivity index (χ4v) is 2.46. The van der Waals surface area contributed by atoms with E-state index in [1.807, 2.05) is 0 Å². The molecule has 0 bridgehead atoms. The quantitative estimate of drug-likeness (QED) is 0.744. The number of hydrogen-bond acceptors (Lipinski definition) is 2. The van der Waals surface area contributed by atoms with Gasteiger partial charge in [-0.25, -0.2) is 0 Å². The van der Waals surface area contributed by atoms with Gasteiger partial charge in [0.05, 0.1) is 12.2 Å². The van der Waals surface area contributed by atoms with Crippen LogP contribution in [0.5, 0.6) is 0 Å². The van der Waals surface area contributed by atoms with Crippen LogP contribution in [0.2, 0.25) is 0 Å². The SMILES string of the molecule is CC(C)(C)OCCNC1CCCCC1(C)C. The Morgan fingerprint density at radius 2 is 1.94 bits per heavy atom. The van der Waals surface area contributed by atoms with Crippen molar-refractivity contribution in [3.05, 3.63) is 0 Å². The molecule has 0 amide bonds. The lowest BCUT2D eigenvalue weighted by Crippen LogP contribution is -2.45. The van der Waals surface area contributed by atoms with E-state index < -0.39 is 0 Å². The summed E-state index contributed by atoms with van der Waals surface area (Å²) in [5.41, 5.74) is 0.448. The molecule has 96 valence electrons. The minimum Gasteiger partial charge on any atom is -0.375 e. The van der Waals surface area contributed by atoms with Gasteiger partial charge in [-0.2, -0.15) is 0 Å². The molecular weight excluding hydrogens is 198 g/mol. The second kappa shape index (κ2) is 5.50. The van der Waals surface area contributed by atoms with E-state index in [4.69, 9.17) is 4.74 Å². The maximum absolute atomic E-state index is 5.73. The van der Waals surface area contributed by atoms with Crippen LogP contribution in [-0.2, 0) is 4.74 Å². The predicted octanol–water partition coefficient (Wildman–Crippen LogP) is 3.36. The van der Waals surface area contributed by atoms with Crippen LogP contribution in [-0.4, -0.2) is 24.8 Å². The van der Waals surface area contributed by atoms with Gasteiger partial charge in [-0.05, 0) is 39.0 Å². The van der Waals surface area contributed by atoms with Crippen molar-refractivity contribution >= 4 is 0 Å². The molecule has 1 N–H and O–H groups in total. The zero-order valence-electron chi connectivity index (χ0n) is 11.7. The number of ether oxygens (including phenoxy) is 1. The fourth-order valence-electron chi connectivity index (χ4n) is 2.46. The van der Waals surface area contributed by atoms with E-state index in [0.29, 0.717) is 11.5 Å². The maximum Gasteiger partial charge on any atom is 0.0599 e. The third kappa shape index (κ3) is 4.84. The fraction of sp³-hybridized carbons (Fsp3) is 1.00. The first-order valence-electron chi connectivity index (χ1n) is 6.69. The minimum atomic E-state index is -0.0102. The summed E-state index contributed by atoms with van der Waals surface area (Å²) in [6.07, 6.45) is 5.44. The van der Waals surface area contributed by atoms with Crippen molar-refractivity contribution in [3.63, 3.8) is 0 Å². The van der Waals surface area contributed by atoms with E-state index in [2.05, 4.69) is 39.9 Å². The summed E-state index contributed by atoms with van der Waals surface area (Å²) in [6, 6.07) is 0.671. The van der Waals surface area contributed by atoms with Crippen molar-refractivity contribution in [2.45, 2.75) is 71.9 Å². The van der Waals surface area contributed by atoms with Gasteiger partial charge >= 0.3 is 0 Å². The Kier molecular flexibility index (Phi) is 4.81. The molecule has 1 fully saturated rings. The Morgan fingerprint density at radius 1 is 1.25 bits per heavy atom. The summed E-state index contributed by atoms with van der Waals surface area (Å²) < 4.78 is 5.73. The van der Waals surface area contributed by atoms with Crippen molar-refractivity contribution < 1.29 is 4.74 Å². The van der Waals surface area contributed by atoms with Gasteiger partial charge in [-0.15, -0.1) is 0 Å². The van der Waals surface area contributed by atoms with E-state index in [0.717, 1.165) is 13.2 Å². The summed E-state index contributed by atoms with van der Waals surface area (Å²) >= 11 is 0. The van der Waals surface area contributed by atoms with Crippen molar-refractivity contribution in [2.24, 2.45) is 5.41 Å². The third-order valence-electron chi connectivity index (χ3n) is 3.54. The second-order valence-electron chi connectivity index (χ2n) is 6.70. The van der Waals surface area contributed by atoms with Crippen LogP contribution in [0.25, 0.3) is 0 Å². The number of rotatable bonds is 4. The van der Waals surface area contributed by atoms with Crippen molar-refractivity contribution in [2.75, 3.05) is 13.2 Å². The highest BCUT2D eigenvalue weighted by Gasteiger charge is 2.31. The van der Waals surface area contributed by atoms with E-state index in [-0.39, 0.29) is 5.60 Å². The molecule has 16 heavy (non-hydrogen) atoms. The largest absolute Gasteiger partial charge is 0.375 e. The average molecular weight is 227 g/mol. The van der Waals surface area contributed by atoms with Gasteiger partial charge in [0.25, 0.3) is 0 Å². The lowest BCUT2D eigenvalue weighted by Gasteiger charge is -2.39. The highest BCUT2D eigenvalue weighted by atomic mass is 16.5. The summed E-state index contributed by atoms with van der Waals surface area (Å²) in [6.45, 7) is 12.9. The highest BCUT2D eigenvalue weighted by molar-refractivity contribution is 4.87. The molecule has 0 aromatic rings. The van der Waals surface area contributed by atoms with E-state index in [1.165, 1.54) is 25.7 Å². The summed E-state index contributed by atoms with van der Waals surface area (Å²) in [5.74, 6) is 0. The number of hydrogen-bond donors (Lipinski definition) is 1. The van der Waals surface area contributed by atoms with Gasteiger partial charge in [0.15, 0.2) is 0 Å². The third-order valence-corrected chi connectivity index (χ3v) is 3.54. The molecule has 1 aliphatic carbocycles. The minimum absolute atomic E-state index is 0.0102. The first-order chi connectivity index (χ1) is 7.31. The topological polar surface area (TPSA) is 21.3 Å². The van der Waals surface area contributed by atoms with E-state index in [9.17, 15) is 0 Å². The van der Waals surface area contributed by atoms with Gasteiger partial charge in [-0.3, -0.25) is 0 Å². The van der Waals surface area contributed by atoms with Crippen LogP contribution in [0.15, 0.2) is 0 Å². The molecule has 1 rings (SSSR count). The van der Waals surface area contributed by atoms with Crippen LogP contribution in [0.3, 0.4) is 0 Å². The van der Waals surface area contributed by atoms with Crippen LogP contribution < -0.4 is 5.32 Å². The molecule has 0 spiro atoms.